The van der Waals surface area contributed by atoms with Gasteiger partial charge in [0.1, 0.15) is 0 Å². The maximum atomic E-state index is 5.63. The van der Waals surface area contributed by atoms with E-state index < -0.39 is 0 Å². The second kappa shape index (κ2) is 7.49. The molecule has 0 aromatic heterocycles. The van der Waals surface area contributed by atoms with Crippen LogP contribution in [-0.2, 0) is 4.74 Å². The van der Waals surface area contributed by atoms with E-state index in [4.69, 9.17) is 4.74 Å². The maximum absolute atomic E-state index is 5.63. The zero-order valence-corrected chi connectivity index (χ0v) is 12.2. The van der Waals surface area contributed by atoms with Crippen molar-refractivity contribution in [2.75, 3.05) is 26.3 Å². The van der Waals surface area contributed by atoms with Crippen LogP contribution in [0.4, 0.5) is 0 Å². The van der Waals surface area contributed by atoms with Crippen molar-refractivity contribution >= 4 is 0 Å². The van der Waals surface area contributed by atoms with E-state index in [0.29, 0.717) is 5.41 Å². The van der Waals surface area contributed by atoms with Crippen molar-refractivity contribution in [1.29, 1.82) is 0 Å². The third-order valence-corrected chi connectivity index (χ3v) is 5.11. The van der Waals surface area contributed by atoms with Gasteiger partial charge < -0.3 is 10.1 Å². The summed E-state index contributed by atoms with van der Waals surface area (Å²) in [6.45, 7) is 6.65. The number of rotatable bonds is 5. The van der Waals surface area contributed by atoms with Crippen LogP contribution in [0.2, 0.25) is 0 Å². The number of nitrogens with one attached hydrogen (secondary N) is 1. The lowest BCUT2D eigenvalue weighted by Crippen LogP contribution is -2.44. The average molecular weight is 253 g/mol. The summed E-state index contributed by atoms with van der Waals surface area (Å²) in [5.74, 6) is 0.952. The van der Waals surface area contributed by atoms with Gasteiger partial charge in [-0.2, -0.15) is 0 Å². The van der Waals surface area contributed by atoms with Crippen LogP contribution < -0.4 is 5.32 Å². The molecule has 1 aliphatic heterocycles. The van der Waals surface area contributed by atoms with Crippen LogP contribution in [0.3, 0.4) is 0 Å². The van der Waals surface area contributed by atoms with Gasteiger partial charge in [0.2, 0.25) is 0 Å². The van der Waals surface area contributed by atoms with Gasteiger partial charge in [0, 0.05) is 19.8 Å². The standard InChI is InChI=1S/C16H31NO/c1-2-11-17-14-16(9-12-18-13-10-16)15-7-5-3-4-6-8-15/h15,17H,2-14H2,1H3. The molecule has 2 fully saturated rings. The van der Waals surface area contributed by atoms with Gasteiger partial charge in [0.15, 0.2) is 0 Å². The van der Waals surface area contributed by atoms with Gasteiger partial charge in [-0.05, 0) is 50.0 Å². The molecule has 1 aliphatic carbocycles. The van der Waals surface area contributed by atoms with Gasteiger partial charge in [-0.25, -0.2) is 0 Å². The molecule has 2 aliphatic rings. The van der Waals surface area contributed by atoms with Gasteiger partial charge >= 0.3 is 0 Å². The maximum Gasteiger partial charge on any atom is 0.0471 e. The summed E-state index contributed by atoms with van der Waals surface area (Å²) in [6, 6.07) is 0. The predicted octanol–water partition coefficient (Wildman–Crippen LogP) is 3.75. The molecule has 1 heterocycles. The Hall–Kier alpha value is -0.0800. The molecule has 1 saturated heterocycles. The lowest BCUT2D eigenvalue weighted by molar-refractivity contribution is -0.0223. The highest BCUT2D eigenvalue weighted by Crippen LogP contribution is 2.44. The molecule has 0 radical (unpaired) electrons. The summed E-state index contributed by atoms with van der Waals surface area (Å²) in [5, 5.41) is 3.71. The molecule has 2 nitrogen and oxygen atoms in total. The number of ether oxygens (including phenoxy) is 1. The molecule has 0 amide bonds. The van der Waals surface area contributed by atoms with E-state index in [0.717, 1.165) is 19.1 Å². The average Bonchev–Trinajstić information content (AvgIpc) is 2.69. The summed E-state index contributed by atoms with van der Waals surface area (Å²) in [7, 11) is 0. The largest absolute Gasteiger partial charge is 0.381 e. The summed E-state index contributed by atoms with van der Waals surface area (Å²) in [5.41, 5.74) is 0.553. The highest BCUT2D eigenvalue weighted by molar-refractivity contribution is 4.91. The van der Waals surface area contributed by atoms with Crippen molar-refractivity contribution in [2.45, 2.75) is 64.7 Å². The summed E-state index contributed by atoms with van der Waals surface area (Å²) < 4.78 is 5.63. The van der Waals surface area contributed by atoms with Crippen molar-refractivity contribution < 1.29 is 4.74 Å². The second-order valence-corrected chi connectivity index (χ2v) is 6.34. The Balaban J connectivity index is 1.97. The second-order valence-electron chi connectivity index (χ2n) is 6.34. The number of hydrogen-bond donors (Lipinski definition) is 1. The quantitative estimate of drug-likeness (QED) is 0.595. The van der Waals surface area contributed by atoms with E-state index in [2.05, 4.69) is 12.2 Å². The summed E-state index contributed by atoms with van der Waals surface area (Å²) in [4.78, 5) is 0. The highest BCUT2D eigenvalue weighted by Gasteiger charge is 2.39. The lowest BCUT2D eigenvalue weighted by Gasteiger charge is -2.44. The molecule has 0 unspecified atom stereocenters. The summed E-state index contributed by atoms with van der Waals surface area (Å²) >= 11 is 0. The third kappa shape index (κ3) is 3.71. The molecule has 2 rings (SSSR count). The van der Waals surface area contributed by atoms with Crippen molar-refractivity contribution in [3.8, 4) is 0 Å². The first-order chi connectivity index (χ1) is 8.87. The van der Waals surface area contributed by atoms with E-state index in [1.165, 1.54) is 70.9 Å². The van der Waals surface area contributed by atoms with Crippen molar-refractivity contribution in [3.05, 3.63) is 0 Å². The predicted molar refractivity (Wildman–Crippen MR) is 76.8 cm³/mol. The van der Waals surface area contributed by atoms with Crippen LogP contribution in [0.15, 0.2) is 0 Å². The fourth-order valence-electron chi connectivity index (χ4n) is 3.91. The monoisotopic (exact) mass is 253 g/mol. The zero-order chi connectivity index (χ0) is 12.7. The van der Waals surface area contributed by atoms with Crippen LogP contribution in [0.5, 0.6) is 0 Å². The van der Waals surface area contributed by atoms with Crippen LogP contribution in [0, 0.1) is 11.3 Å². The van der Waals surface area contributed by atoms with Crippen LogP contribution in [-0.4, -0.2) is 26.3 Å². The van der Waals surface area contributed by atoms with E-state index in [9.17, 15) is 0 Å². The minimum Gasteiger partial charge on any atom is -0.381 e. The molecule has 0 bridgehead atoms. The Kier molecular flexibility index (Phi) is 5.97. The molecule has 0 spiro atoms. The van der Waals surface area contributed by atoms with Gasteiger partial charge in [-0.3, -0.25) is 0 Å². The first-order valence-corrected chi connectivity index (χ1v) is 8.16. The highest BCUT2D eigenvalue weighted by atomic mass is 16.5. The number of hydrogen-bond acceptors (Lipinski definition) is 2. The van der Waals surface area contributed by atoms with Gasteiger partial charge in [-0.1, -0.05) is 32.6 Å². The molecule has 18 heavy (non-hydrogen) atoms. The Morgan fingerprint density at radius 1 is 1.06 bits per heavy atom. The molecular formula is C16H31NO. The topological polar surface area (TPSA) is 21.3 Å². The molecule has 1 N–H and O–H groups in total. The van der Waals surface area contributed by atoms with Crippen molar-refractivity contribution in [2.24, 2.45) is 11.3 Å². The Morgan fingerprint density at radius 2 is 1.72 bits per heavy atom. The SMILES string of the molecule is CCCNCC1(C2CCCCCC2)CCOCC1. The molecule has 0 aromatic rings. The summed E-state index contributed by atoms with van der Waals surface area (Å²) in [6.07, 6.45) is 12.6. The third-order valence-electron chi connectivity index (χ3n) is 5.11. The van der Waals surface area contributed by atoms with E-state index in [1.807, 2.05) is 0 Å². The Morgan fingerprint density at radius 3 is 2.33 bits per heavy atom. The minimum atomic E-state index is 0.553. The van der Waals surface area contributed by atoms with Gasteiger partial charge in [0.25, 0.3) is 0 Å². The molecule has 0 aromatic carbocycles. The molecule has 0 atom stereocenters. The van der Waals surface area contributed by atoms with E-state index >= 15 is 0 Å². The zero-order valence-electron chi connectivity index (χ0n) is 12.2. The molecule has 2 heteroatoms. The first kappa shape index (κ1) is 14.3. The first-order valence-electron chi connectivity index (χ1n) is 8.16. The van der Waals surface area contributed by atoms with Crippen molar-refractivity contribution in [3.63, 3.8) is 0 Å². The van der Waals surface area contributed by atoms with Crippen LogP contribution in [0.25, 0.3) is 0 Å². The van der Waals surface area contributed by atoms with Gasteiger partial charge in [-0.15, -0.1) is 0 Å². The smallest absolute Gasteiger partial charge is 0.0471 e. The fraction of sp³-hybridized carbons (Fsp3) is 1.00. The molecule has 1 saturated carbocycles. The van der Waals surface area contributed by atoms with E-state index in [-0.39, 0.29) is 0 Å². The van der Waals surface area contributed by atoms with Gasteiger partial charge in [0.05, 0.1) is 0 Å². The molecule has 106 valence electrons. The van der Waals surface area contributed by atoms with E-state index in [1.54, 1.807) is 0 Å². The van der Waals surface area contributed by atoms with Crippen LogP contribution in [0.1, 0.15) is 64.7 Å². The van der Waals surface area contributed by atoms with Crippen molar-refractivity contribution in [1.82, 2.24) is 5.32 Å². The normalized spacial score (nSPS) is 25.8. The Bertz CT molecular complexity index is 215. The van der Waals surface area contributed by atoms with Crippen LogP contribution >= 0.6 is 0 Å². The minimum absolute atomic E-state index is 0.553. The Labute approximate surface area is 113 Å². The lowest BCUT2D eigenvalue weighted by atomic mass is 9.67. The fourth-order valence-corrected chi connectivity index (χ4v) is 3.91. The molecular weight excluding hydrogens is 222 g/mol.